The topological polar surface area (TPSA) is 37.3 Å². The lowest BCUT2D eigenvalue weighted by molar-refractivity contribution is 0.112. The van der Waals surface area contributed by atoms with Crippen LogP contribution in [0.5, 0.6) is 0 Å². The first-order valence-corrected chi connectivity index (χ1v) is 5.53. The molecule has 0 radical (unpaired) electrons. The molecule has 1 N–H and O–H groups in total. The van der Waals surface area contributed by atoms with Crippen LogP contribution in [0.3, 0.4) is 0 Å². The van der Waals surface area contributed by atoms with E-state index < -0.39 is 0 Å². The Morgan fingerprint density at radius 1 is 1.33 bits per heavy atom. The maximum Gasteiger partial charge on any atom is 0.150 e. The predicted molar refractivity (Wildman–Crippen MR) is 59.0 cm³/mol. The van der Waals surface area contributed by atoms with Crippen LogP contribution in [-0.4, -0.2) is 17.5 Å². The van der Waals surface area contributed by atoms with Crippen LogP contribution in [0.15, 0.2) is 24.3 Å². The molecule has 0 heterocycles. The molecule has 1 fully saturated rings. The molecule has 2 rings (SSSR count). The first kappa shape index (κ1) is 10.4. The van der Waals surface area contributed by atoms with Gasteiger partial charge in [0.05, 0.1) is 6.10 Å². The van der Waals surface area contributed by atoms with E-state index in [0.717, 1.165) is 37.5 Å². The van der Waals surface area contributed by atoms with Gasteiger partial charge in [0, 0.05) is 5.56 Å². The Morgan fingerprint density at radius 2 is 2.20 bits per heavy atom. The molecule has 0 amide bonds. The molecular weight excluding hydrogens is 188 g/mol. The van der Waals surface area contributed by atoms with Crippen molar-refractivity contribution in [3.63, 3.8) is 0 Å². The van der Waals surface area contributed by atoms with E-state index in [4.69, 9.17) is 0 Å². The molecule has 15 heavy (non-hydrogen) atoms. The van der Waals surface area contributed by atoms with E-state index in [1.54, 1.807) is 0 Å². The number of carbonyl (C=O) groups excluding carboxylic acids is 1. The van der Waals surface area contributed by atoms with Crippen LogP contribution in [0.25, 0.3) is 0 Å². The van der Waals surface area contributed by atoms with Crippen molar-refractivity contribution in [3.05, 3.63) is 35.4 Å². The third kappa shape index (κ3) is 2.45. The number of aliphatic hydroxyl groups is 1. The molecule has 1 aromatic carbocycles. The Hall–Kier alpha value is -1.15. The zero-order chi connectivity index (χ0) is 10.7. The maximum absolute atomic E-state index is 10.7. The van der Waals surface area contributed by atoms with Gasteiger partial charge in [-0.3, -0.25) is 4.79 Å². The van der Waals surface area contributed by atoms with E-state index in [1.807, 2.05) is 18.2 Å². The average molecular weight is 204 g/mol. The van der Waals surface area contributed by atoms with Crippen LogP contribution in [0, 0.1) is 0 Å². The summed E-state index contributed by atoms with van der Waals surface area (Å²) in [4.78, 5) is 10.7. The van der Waals surface area contributed by atoms with Gasteiger partial charge in [-0.05, 0) is 36.8 Å². The van der Waals surface area contributed by atoms with Gasteiger partial charge in [0.25, 0.3) is 0 Å². The second-order valence-electron chi connectivity index (χ2n) is 4.31. The van der Waals surface area contributed by atoms with Crippen molar-refractivity contribution in [2.45, 2.75) is 37.7 Å². The number of rotatable bonds is 2. The molecule has 0 aromatic heterocycles. The lowest BCUT2D eigenvalue weighted by Crippen LogP contribution is -2.18. The number of hydrogen-bond donors (Lipinski definition) is 1. The summed E-state index contributed by atoms with van der Waals surface area (Å²) in [7, 11) is 0. The lowest BCUT2D eigenvalue weighted by Gasteiger charge is -2.26. The molecule has 1 aromatic rings. The highest BCUT2D eigenvalue weighted by molar-refractivity contribution is 5.75. The maximum atomic E-state index is 10.7. The highest BCUT2D eigenvalue weighted by atomic mass is 16.3. The van der Waals surface area contributed by atoms with E-state index in [0.29, 0.717) is 5.92 Å². The van der Waals surface area contributed by atoms with E-state index in [9.17, 15) is 9.90 Å². The molecule has 2 nitrogen and oxygen atoms in total. The Morgan fingerprint density at radius 3 is 2.93 bits per heavy atom. The van der Waals surface area contributed by atoms with Gasteiger partial charge in [0.15, 0.2) is 0 Å². The molecule has 0 spiro atoms. The van der Waals surface area contributed by atoms with Crippen molar-refractivity contribution in [2.75, 3.05) is 0 Å². The van der Waals surface area contributed by atoms with Crippen LogP contribution in [0.1, 0.15) is 47.5 Å². The lowest BCUT2D eigenvalue weighted by atomic mass is 9.82. The second kappa shape index (κ2) is 4.58. The molecular formula is C13H16O2. The third-order valence-electron chi connectivity index (χ3n) is 3.16. The van der Waals surface area contributed by atoms with Gasteiger partial charge in [-0.1, -0.05) is 24.6 Å². The summed E-state index contributed by atoms with van der Waals surface area (Å²) in [5, 5.41) is 9.60. The minimum Gasteiger partial charge on any atom is -0.393 e. The number of hydrogen-bond acceptors (Lipinski definition) is 2. The Bertz CT molecular complexity index is 346. The van der Waals surface area contributed by atoms with Crippen LogP contribution in [0.4, 0.5) is 0 Å². The predicted octanol–water partition coefficient (Wildman–Crippen LogP) is 2.52. The summed E-state index contributed by atoms with van der Waals surface area (Å²) in [6.07, 6.45) is 4.68. The first-order valence-electron chi connectivity index (χ1n) is 5.53. The summed E-state index contributed by atoms with van der Waals surface area (Å²) in [6.45, 7) is 0. The Kier molecular flexibility index (Phi) is 3.17. The standard InChI is InChI=1S/C13H16O2/c14-9-10-3-1-4-11(7-10)12-5-2-6-13(15)8-12/h1,3-4,7,9,12-13,15H,2,5-6,8H2. The van der Waals surface area contributed by atoms with Gasteiger partial charge in [-0.25, -0.2) is 0 Å². The summed E-state index contributed by atoms with van der Waals surface area (Å²) in [5.74, 6) is 0.425. The van der Waals surface area contributed by atoms with Crippen LogP contribution in [0.2, 0.25) is 0 Å². The minimum atomic E-state index is -0.163. The molecule has 2 unspecified atom stereocenters. The molecule has 1 saturated carbocycles. The normalized spacial score (nSPS) is 26.2. The van der Waals surface area contributed by atoms with Gasteiger partial charge < -0.3 is 5.11 Å². The monoisotopic (exact) mass is 204 g/mol. The largest absolute Gasteiger partial charge is 0.393 e. The summed E-state index contributed by atoms with van der Waals surface area (Å²) >= 11 is 0. The number of aldehydes is 1. The number of benzene rings is 1. The zero-order valence-corrected chi connectivity index (χ0v) is 8.73. The quantitative estimate of drug-likeness (QED) is 0.751. The molecule has 80 valence electrons. The number of carbonyl (C=O) groups is 1. The molecule has 2 atom stereocenters. The fourth-order valence-electron chi connectivity index (χ4n) is 2.35. The highest BCUT2D eigenvalue weighted by Crippen LogP contribution is 2.32. The van der Waals surface area contributed by atoms with Gasteiger partial charge in [-0.2, -0.15) is 0 Å². The van der Waals surface area contributed by atoms with Crippen molar-refractivity contribution in [3.8, 4) is 0 Å². The van der Waals surface area contributed by atoms with Crippen LogP contribution < -0.4 is 0 Å². The molecule has 1 aliphatic rings. The third-order valence-corrected chi connectivity index (χ3v) is 3.16. The zero-order valence-electron chi connectivity index (χ0n) is 8.73. The summed E-state index contributed by atoms with van der Waals surface area (Å²) < 4.78 is 0. The summed E-state index contributed by atoms with van der Waals surface area (Å²) in [6, 6.07) is 7.72. The molecule has 1 aliphatic carbocycles. The first-order chi connectivity index (χ1) is 7.29. The molecule has 0 aliphatic heterocycles. The van der Waals surface area contributed by atoms with Crippen LogP contribution in [-0.2, 0) is 0 Å². The average Bonchev–Trinajstić information content (AvgIpc) is 2.29. The van der Waals surface area contributed by atoms with Gasteiger partial charge in [0.1, 0.15) is 6.29 Å². The van der Waals surface area contributed by atoms with Crippen molar-refractivity contribution in [2.24, 2.45) is 0 Å². The summed E-state index contributed by atoms with van der Waals surface area (Å²) in [5.41, 5.74) is 1.92. The van der Waals surface area contributed by atoms with Gasteiger partial charge >= 0.3 is 0 Å². The smallest absolute Gasteiger partial charge is 0.150 e. The fourth-order valence-corrected chi connectivity index (χ4v) is 2.35. The highest BCUT2D eigenvalue weighted by Gasteiger charge is 2.21. The van der Waals surface area contributed by atoms with Crippen molar-refractivity contribution in [1.29, 1.82) is 0 Å². The van der Waals surface area contributed by atoms with Crippen molar-refractivity contribution in [1.82, 2.24) is 0 Å². The SMILES string of the molecule is O=Cc1cccc(C2CCCC(O)C2)c1. The fraction of sp³-hybridized carbons (Fsp3) is 0.462. The number of aliphatic hydroxyl groups excluding tert-OH is 1. The van der Waals surface area contributed by atoms with E-state index >= 15 is 0 Å². The van der Waals surface area contributed by atoms with Gasteiger partial charge in [-0.15, -0.1) is 0 Å². The minimum absolute atomic E-state index is 0.163. The van der Waals surface area contributed by atoms with E-state index in [-0.39, 0.29) is 6.10 Å². The van der Waals surface area contributed by atoms with Gasteiger partial charge in [0.2, 0.25) is 0 Å². The van der Waals surface area contributed by atoms with Crippen molar-refractivity contribution < 1.29 is 9.90 Å². The van der Waals surface area contributed by atoms with E-state index in [1.165, 1.54) is 5.56 Å². The molecule has 2 heteroatoms. The molecule has 0 saturated heterocycles. The second-order valence-corrected chi connectivity index (χ2v) is 4.31. The Labute approximate surface area is 89.9 Å². The Balaban J connectivity index is 2.17. The van der Waals surface area contributed by atoms with Crippen LogP contribution >= 0.6 is 0 Å². The van der Waals surface area contributed by atoms with E-state index in [2.05, 4.69) is 6.07 Å². The van der Waals surface area contributed by atoms with Crippen molar-refractivity contribution >= 4 is 6.29 Å². The molecule has 0 bridgehead atoms.